The van der Waals surface area contributed by atoms with Crippen molar-refractivity contribution >= 4 is 28.6 Å². The van der Waals surface area contributed by atoms with Crippen LogP contribution in [0.15, 0.2) is 66.0 Å². The third kappa shape index (κ3) is 3.87. The average molecular weight is 418 g/mol. The molecule has 1 saturated heterocycles. The highest BCUT2D eigenvalue weighted by Crippen LogP contribution is 2.37. The Hall–Kier alpha value is -2.63. The van der Waals surface area contributed by atoms with Gasteiger partial charge in [0.05, 0.1) is 24.0 Å². The SMILES string of the molecule is O=C(CN1CCc2sccc2C1c1ccccc1)Nc1ccccc1N1CCCC1. The van der Waals surface area contributed by atoms with Crippen LogP contribution in [0.1, 0.15) is 34.9 Å². The molecule has 5 rings (SSSR count). The van der Waals surface area contributed by atoms with Crippen LogP contribution in [0.25, 0.3) is 0 Å². The lowest BCUT2D eigenvalue weighted by Gasteiger charge is -2.35. The molecular formula is C25H27N3OS. The van der Waals surface area contributed by atoms with E-state index in [9.17, 15) is 4.79 Å². The lowest BCUT2D eigenvalue weighted by atomic mass is 9.93. The third-order valence-electron chi connectivity index (χ3n) is 6.15. The molecule has 154 valence electrons. The summed E-state index contributed by atoms with van der Waals surface area (Å²) in [5.74, 6) is 0.0567. The number of carbonyl (C=O) groups is 1. The maximum Gasteiger partial charge on any atom is 0.238 e. The number of hydrogen-bond acceptors (Lipinski definition) is 4. The van der Waals surface area contributed by atoms with E-state index in [1.807, 2.05) is 29.5 Å². The van der Waals surface area contributed by atoms with Crippen LogP contribution >= 0.6 is 11.3 Å². The lowest BCUT2D eigenvalue weighted by Crippen LogP contribution is -2.40. The molecule has 0 aliphatic carbocycles. The fraction of sp³-hybridized carbons (Fsp3) is 0.320. The molecule has 0 bridgehead atoms. The molecular weight excluding hydrogens is 390 g/mol. The smallest absolute Gasteiger partial charge is 0.238 e. The van der Waals surface area contributed by atoms with Crippen molar-refractivity contribution in [3.63, 3.8) is 0 Å². The van der Waals surface area contributed by atoms with Crippen molar-refractivity contribution in [3.8, 4) is 0 Å². The third-order valence-corrected chi connectivity index (χ3v) is 7.15. The quantitative estimate of drug-likeness (QED) is 0.639. The number of hydrogen-bond donors (Lipinski definition) is 1. The molecule has 0 saturated carbocycles. The summed E-state index contributed by atoms with van der Waals surface area (Å²) in [5.41, 5.74) is 4.67. The van der Waals surface area contributed by atoms with Gasteiger partial charge in [-0.05, 0) is 54.0 Å². The maximum atomic E-state index is 13.1. The minimum Gasteiger partial charge on any atom is -0.370 e. The second-order valence-electron chi connectivity index (χ2n) is 8.09. The van der Waals surface area contributed by atoms with Crippen molar-refractivity contribution < 1.29 is 4.79 Å². The first-order valence-corrected chi connectivity index (χ1v) is 11.7. The molecule has 5 heteroatoms. The topological polar surface area (TPSA) is 35.6 Å². The molecule has 1 amide bonds. The van der Waals surface area contributed by atoms with Gasteiger partial charge in [-0.25, -0.2) is 0 Å². The van der Waals surface area contributed by atoms with Gasteiger partial charge >= 0.3 is 0 Å². The van der Waals surface area contributed by atoms with Gasteiger partial charge in [0.25, 0.3) is 0 Å². The second-order valence-corrected chi connectivity index (χ2v) is 9.09. The van der Waals surface area contributed by atoms with E-state index < -0.39 is 0 Å². The second kappa shape index (κ2) is 8.62. The number of thiophene rings is 1. The van der Waals surface area contributed by atoms with Crippen molar-refractivity contribution in [1.29, 1.82) is 0 Å². The van der Waals surface area contributed by atoms with Crippen molar-refractivity contribution in [2.45, 2.75) is 25.3 Å². The summed E-state index contributed by atoms with van der Waals surface area (Å²) in [5, 5.41) is 5.38. The summed E-state index contributed by atoms with van der Waals surface area (Å²) in [6.07, 6.45) is 3.45. The van der Waals surface area contributed by atoms with Gasteiger partial charge in [-0.15, -0.1) is 11.3 Å². The van der Waals surface area contributed by atoms with Crippen LogP contribution in [0.5, 0.6) is 0 Å². The van der Waals surface area contributed by atoms with Crippen LogP contribution in [-0.2, 0) is 11.2 Å². The van der Waals surface area contributed by atoms with E-state index in [1.165, 1.54) is 28.8 Å². The summed E-state index contributed by atoms with van der Waals surface area (Å²) in [6.45, 7) is 3.42. The highest BCUT2D eigenvalue weighted by atomic mass is 32.1. The Morgan fingerprint density at radius 3 is 2.57 bits per heavy atom. The van der Waals surface area contributed by atoms with Crippen molar-refractivity contribution in [3.05, 3.63) is 82.0 Å². The predicted molar refractivity (Wildman–Crippen MR) is 124 cm³/mol. The minimum absolute atomic E-state index is 0.0567. The van der Waals surface area contributed by atoms with E-state index in [0.29, 0.717) is 6.54 Å². The molecule has 30 heavy (non-hydrogen) atoms. The number of nitrogens with one attached hydrogen (secondary N) is 1. The fourth-order valence-corrected chi connectivity index (χ4v) is 5.66. The molecule has 2 aliphatic heterocycles. The summed E-state index contributed by atoms with van der Waals surface area (Å²) >= 11 is 1.83. The Kier molecular flexibility index (Phi) is 5.56. The van der Waals surface area contributed by atoms with E-state index in [-0.39, 0.29) is 11.9 Å². The molecule has 1 fully saturated rings. The first kappa shape index (κ1) is 19.3. The molecule has 1 unspecified atom stereocenters. The molecule has 2 aromatic carbocycles. The van der Waals surface area contributed by atoms with Gasteiger partial charge in [0.2, 0.25) is 5.91 Å². The molecule has 0 radical (unpaired) electrons. The molecule has 2 aliphatic rings. The zero-order valence-corrected chi connectivity index (χ0v) is 17.9. The highest BCUT2D eigenvalue weighted by Gasteiger charge is 2.31. The van der Waals surface area contributed by atoms with E-state index >= 15 is 0 Å². The number of nitrogens with zero attached hydrogens (tertiary/aromatic N) is 2. The summed E-state index contributed by atoms with van der Waals surface area (Å²) < 4.78 is 0. The van der Waals surface area contributed by atoms with Crippen molar-refractivity contribution in [2.75, 3.05) is 36.4 Å². The average Bonchev–Trinajstić information content (AvgIpc) is 3.47. The Labute approximate surface area is 182 Å². The van der Waals surface area contributed by atoms with Gasteiger partial charge in [-0.1, -0.05) is 42.5 Å². The maximum absolute atomic E-state index is 13.1. The number of fused-ring (bicyclic) bond motifs is 1. The number of carbonyl (C=O) groups excluding carboxylic acids is 1. The monoisotopic (exact) mass is 417 g/mol. The lowest BCUT2D eigenvalue weighted by molar-refractivity contribution is -0.117. The van der Waals surface area contributed by atoms with Gasteiger partial charge in [0.15, 0.2) is 0 Å². The Morgan fingerprint density at radius 1 is 0.967 bits per heavy atom. The van der Waals surface area contributed by atoms with Crippen molar-refractivity contribution in [2.24, 2.45) is 0 Å². The van der Waals surface area contributed by atoms with Crippen LogP contribution in [-0.4, -0.2) is 37.0 Å². The first-order valence-electron chi connectivity index (χ1n) is 10.8. The predicted octanol–water partition coefficient (Wildman–Crippen LogP) is 4.93. The first-order chi connectivity index (χ1) is 14.8. The summed E-state index contributed by atoms with van der Waals surface area (Å²) in [7, 11) is 0. The number of rotatable bonds is 5. The van der Waals surface area contributed by atoms with E-state index in [2.05, 4.69) is 63.0 Å². The van der Waals surface area contributed by atoms with Gasteiger partial charge in [0, 0.05) is 24.5 Å². The van der Waals surface area contributed by atoms with E-state index in [4.69, 9.17) is 0 Å². The normalized spacial score (nSPS) is 18.9. The number of para-hydroxylation sites is 2. The van der Waals surface area contributed by atoms with E-state index in [1.54, 1.807) is 0 Å². The standard InChI is InChI=1S/C25H27N3OS/c29-24(26-21-10-4-5-11-22(21)27-14-6-7-15-27)18-28-16-12-23-20(13-17-30-23)25(28)19-8-2-1-3-9-19/h1-5,8-11,13,17,25H,6-7,12,14-16,18H2,(H,26,29). The summed E-state index contributed by atoms with van der Waals surface area (Å²) in [4.78, 5) is 19.2. The van der Waals surface area contributed by atoms with Gasteiger partial charge in [0.1, 0.15) is 0 Å². The number of benzene rings is 2. The van der Waals surface area contributed by atoms with Gasteiger partial charge in [-0.3, -0.25) is 9.69 Å². The molecule has 4 nitrogen and oxygen atoms in total. The highest BCUT2D eigenvalue weighted by molar-refractivity contribution is 7.10. The van der Waals surface area contributed by atoms with Crippen LogP contribution in [0.3, 0.4) is 0 Å². The van der Waals surface area contributed by atoms with E-state index in [0.717, 1.165) is 37.4 Å². The number of amides is 1. The number of anilines is 2. The molecule has 1 N–H and O–H groups in total. The minimum atomic E-state index is 0.0567. The molecule has 1 aromatic heterocycles. The molecule has 1 atom stereocenters. The zero-order chi connectivity index (χ0) is 20.3. The van der Waals surface area contributed by atoms with Crippen LogP contribution in [0, 0.1) is 0 Å². The molecule has 3 heterocycles. The fourth-order valence-electron chi connectivity index (χ4n) is 4.75. The van der Waals surface area contributed by atoms with Crippen LogP contribution < -0.4 is 10.2 Å². The Morgan fingerprint density at radius 2 is 1.73 bits per heavy atom. The Bertz CT molecular complexity index is 1010. The molecule has 0 spiro atoms. The van der Waals surface area contributed by atoms with Crippen LogP contribution in [0.2, 0.25) is 0 Å². The largest absolute Gasteiger partial charge is 0.370 e. The zero-order valence-electron chi connectivity index (χ0n) is 17.1. The van der Waals surface area contributed by atoms with Crippen LogP contribution in [0.4, 0.5) is 11.4 Å². The molecule has 3 aromatic rings. The van der Waals surface area contributed by atoms with Gasteiger partial charge < -0.3 is 10.2 Å². The van der Waals surface area contributed by atoms with Gasteiger partial charge in [-0.2, -0.15) is 0 Å². The summed E-state index contributed by atoms with van der Waals surface area (Å²) in [6, 6.07) is 21.1. The Balaban J connectivity index is 1.36. The van der Waals surface area contributed by atoms with Crippen molar-refractivity contribution in [1.82, 2.24) is 4.90 Å².